The zero-order valence-electron chi connectivity index (χ0n) is 11.5. The van der Waals surface area contributed by atoms with Gasteiger partial charge in [-0.05, 0) is 24.6 Å². The molecule has 0 spiro atoms. The summed E-state index contributed by atoms with van der Waals surface area (Å²) < 4.78 is 0. The van der Waals surface area contributed by atoms with Crippen molar-refractivity contribution in [1.82, 2.24) is 0 Å². The van der Waals surface area contributed by atoms with Gasteiger partial charge in [-0.25, -0.2) is 4.90 Å². The fourth-order valence-electron chi connectivity index (χ4n) is 2.36. The summed E-state index contributed by atoms with van der Waals surface area (Å²) in [6.45, 7) is 1.96. The Bertz CT molecular complexity index is 746. The van der Waals surface area contributed by atoms with Gasteiger partial charge in [0.15, 0.2) is 0 Å². The number of amides is 2. The number of nitrogens with zero attached hydrogens (tertiary/aromatic N) is 1. The average molecular weight is 278 g/mol. The standard InChI is InChI=1S/C17H14N2O2/c1-11-7-9-12(10-8-11)14-15(18)17(21)19(16(14)20)13-5-3-2-4-6-13/h2-10H,18H2,1H3. The normalized spacial score (nSPS) is 15.0. The van der Waals surface area contributed by atoms with Gasteiger partial charge in [0.25, 0.3) is 11.8 Å². The minimum Gasteiger partial charge on any atom is -0.394 e. The topological polar surface area (TPSA) is 63.4 Å². The Hall–Kier alpha value is -2.88. The quantitative estimate of drug-likeness (QED) is 0.857. The van der Waals surface area contributed by atoms with Crippen molar-refractivity contribution in [2.75, 3.05) is 4.90 Å². The number of para-hydroxylation sites is 1. The molecule has 2 N–H and O–H groups in total. The Kier molecular flexibility index (Phi) is 3.06. The van der Waals surface area contributed by atoms with E-state index in [1.165, 1.54) is 0 Å². The molecule has 0 bridgehead atoms. The second kappa shape index (κ2) is 4.90. The van der Waals surface area contributed by atoms with Gasteiger partial charge in [-0.3, -0.25) is 9.59 Å². The van der Waals surface area contributed by atoms with E-state index in [0.29, 0.717) is 11.3 Å². The highest BCUT2D eigenvalue weighted by Crippen LogP contribution is 2.30. The van der Waals surface area contributed by atoms with Crippen LogP contribution in [0.25, 0.3) is 5.57 Å². The van der Waals surface area contributed by atoms with Gasteiger partial charge < -0.3 is 5.73 Å². The van der Waals surface area contributed by atoms with Crippen LogP contribution in [0.3, 0.4) is 0 Å². The van der Waals surface area contributed by atoms with Crippen LogP contribution in [-0.2, 0) is 9.59 Å². The first-order chi connectivity index (χ1) is 10.1. The lowest BCUT2D eigenvalue weighted by atomic mass is 10.0. The fraction of sp³-hybridized carbons (Fsp3) is 0.0588. The molecule has 104 valence electrons. The van der Waals surface area contributed by atoms with Gasteiger partial charge in [0.2, 0.25) is 0 Å². The van der Waals surface area contributed by atoms with Gasteiger partial charge in [-0.2, -0.15) is 0 Å². The Morgan fingerprint density at radius 3 is 2.10 bits per heavy atom. The second-order valence-corrected chi connectivity index (χ2v) is 4.94. The molecule has 1 aliphatic heterocycles. The van der Waals surface area contributed by atoms with Crippen molar-refractivity contribution in [1.29, 1.82) is 0 Å². The number of hydrogen-bond donors (Lipinski definition) is 1. The molecular formula is C17H14N2O2. The molecule has 0 unspecified atom stereocenters. The molecular weight excluding hydrogens is 264 g/mol. The lowest BCUT2D eigenvalue weighted by molar-refractivity contribution is -0.120. The van der Waals surface area contributed by atoms with E-state index in [1.54, 1.807) is 36.4 Å². The molecule has 4 nitrogen and oxygen atoms in total. The van der Waals surface area contributed by atoms with Gasteiger partial charge in [0, 0.05) is 0 Å². The molecule has 0 saturated heterocycles. The van der Waals surface area contributed by atoms with Crippen molar-refractivity contribution in [3.63, 3.8) is 0 Å². The second-order valence-electron chi connectivity index (χ2n) is 4.94. The maximum atomic E-state index is 12.6. The molecule has 0 aromatic heterocycles. The van der Waals surface area contributed by atoms with Crippen molar-refractivity contribution in [2.24, 2.45) is 5.73 Å². The maximum absolute atomic E-state index is 12.6. The Morgan fingerprint density at radius 1 is 0.857 bits per heavy atom. The molecule has 3 rings (SSSR count). The summed E-state index contributed by atoms with van der Waals surface area (Å²) in [5.74, 6) is -0.852. The molecule has 0 fully saturated rings. The summed E-state index contributed by atoms with van der Waals surface area (Å²) in [4.78, 5) is 26.0. The molecule has 2 aromatic rings. The first-order valence-corrected chi connectivity index (χ1v) is 6.60. The van der Waals surface area contributed by atoms with Gasteiger partial charge in [0.05, 0.1) is 11.3 Å². The average Bonchev–Trinajstić information content (AvgIpc) is 2.72. The van der Waals surface area contributed by atoms with Gasteiger partial charge in [-0.15, -0.1) is 0 Å². The third-order valence-electron chi connectivity index (χ3n) is 3.47. The Morgan fingerprint density at radius 2 is 1.48 bits per heavy atom. The predicted octanol–water partition coefficient (Wildman–Crippen LogP) is 2.24. The molecule has 21 heavy (non-hydrogen) atoms. The molecule has 2 aromatic carbocycles. The summed E-state index contributed by atoms with van der Waals surface area (Å²) in [6.07, 6.45) is 0. The number of anilines is 1. The number of imide groups is 1. The summed E-state index contributed by atoms with van der Waals surface area (Å²) in [5, 5.41) is 0. The summed E-state index contributed by atoms with van der Waals surface area (Å²) in [5.41, 5.74) is 8.40. The van der Waals surface area contributed by atoms with Crippen molar-refractivity contribution < 1.29 is 9.59 Å². The molecule has 0 saturated carbocycles. The Labute approximate surface area is 122 Å². The number of carbonyl (C=O) groups excluding carboxylic acids is 2. The molecule has 4 heteroatoms. The van der Waals surface area contributed by atoms with Gasteiger partial charge in [0.1, 0.15) is 5.70 Å². The number of benzene rings is 2. The number of aryl methyl sites for hydroxylation is 1. The third kappa shape index (κ3) is 2.10. The maximum Gasteiger partial charge on any atom is 0.282 e. The van der Waals surface area contributed by atoms with Crippen LogP contribution >= 0.6 is 0 Å². The van der Waals surface area contributed by atoms with Crippen LogP contribution in [0.1, 0.15) is 11.1 Å². The van der Waals surface area contributed by atoms with Crippen molar-refractivity contribution in [3.8, 4) is 0 Å². The zero-order chi connectivity index (χ0) is 15.0. The third-order valence-corrected chi connectivity index (χ3v) is 3.47. The summed E-state index contributed by atoms with van der Waals surface area (Å²) >= 11 is 0. The van der Waals surface area contributed by atoms with Crippen LogP contribution in [0.15, 0.2) is 60.3 Å². The molecule has 2 amide bonds. The van der Waals surface area contributed by atoms with Gasteiger partial charge in [-0.1, -0.05) is 48.0 Å². The van der Waals surface area contributed by atoms with E-state index in [2.05, 4.69) is 0 Å². The van der Waals surface area contributed by atoms with Gasteiger partial charge >= 0.3 is 0 Å². The first kappa shape index (κ1) is 13.1. The van der Waals surface area contributed by atoms with Crippen LogP contribution in [0, 0.1) is 6.92 Å². The minimum absolute atomic E-state index is 0.00675. The fourth-order valence-corrected chi connectivity index (χ4v) is 2.36. The van der Waals surface area contributed by atoms with Crippen molar-refractivity contribution >= 4 is 23.1 Å². The minimum atomic E-state index is -0.471. The number of rotatable bonds is 2. The molecule has 1 heterocycles. The van der Waals surface area contributed by atoms with Crippen LogP contribution in [0.4, 0.5) is 5.69 Å². The molecule has 0 radical (unpaired) electrons. The van der Waals surface area contributed by atoms with Crippen molar-refractivity contribution in [2.45, 2.75) is 6.92 Å². The lowest BCUT2D eigenvalue weighted by Crippen LogP contribution is -2.32. The highest BCUT2D eigenvalue weighted by atomic mass is 16.2. The van der Waals surface area contributed by atoms with E-state index < -0.39 is 5.91 Å². The largest absolute Gasteiger partial charge is 0.394 e. The number of nitrogens with two attached hydrogens (primary N) is 1. The number of hydrogen-bond acceptors (Lipinski definition) is 3. The highest BCUT2D eigenvalue weighted by molar-refractivity contribution is 6.45. The smallest absolute Gasteiger partial charge is 0.282 e. The first-order valence-electron chi connectivity index (χ1n) is 6.60. The molecule has 0 aliphatic carbocycles. The van der Waals surface area contributed by atoms with Crippen LogP contribution in [0.5, 0.6) is 0 Å². The zero-order valence-corrected chi connectivity index (χ0v) is 11.5. The van der Waals surface area contributed by atoms with E-state index >= 15 is 0 Å². The SMILES string of the molecule is Cc1ccc(C2=C(N)C(=O)N(c3ccccc3)C2=O)cc1. The van der Waals surface area contributed by atoms with Crippen molar-refractivity contribution in [3.05, 3.63) is 71.4 Å². The molecule has 0 atom stereocenters. The van der Waals surface area contributed by atoms with E-state index in [1.807, 2.05) is 25.1 Å². The van der Waals surface area contributed by atoms with E-state index in [4.69, 9.17) is 5.73 Å². The predicted molar refractivity (Wildman–Crippen MR) is 81.2 cm³/mol. The van der Waals surface area contributed by atoms with Crippen LogP contribution in [-0.4, -0.2) is 11.8 Å². The summed E-state index contributed by atoms with van der Waals surface area (Å²) in [7, 11) is 0. The Balaban J connectivity index is 2.05. The van der Waals surface area contributed by atoms with E-state index in [9.17, 15) is 9.59 Å². The number of carbonyl (C=O) groups is 2. The lowest BCUT2D eigenvalue weighted by Gasteiger charge is -2.14. The van der Waals surface area contributed by atoms with Crippen LogP contribution < -0.4 is 10.6 Å². The van der Waals surface area contributed by atoms with Crippen LogP contribution in [0.2, 0.25) is 0 Å². The summed E-state index contributed by atoms with van der Waals surface area (Å²) in [6, 6.07) is 16.2. The van der Waals surface area contributed by atoms with E-state index in [0.717, 1.165) is 10.5 Å². The molecule has 1 aliphatic rings. The monoisotopic (exact) mass is 278 g/mol. The van der Waals surface area contributed by atoms with E-state index in [-0.39, 0.29) is 17.2 Å². The highest BCUT2D eigenvalue weighted by Gasteiger charge is 2.38.